The van der Waals surface area contributed by atoms with Crippen LogP contribution in [-0.2, 0) is 16.6 Å². The maximum Gasteiger partial charge on any atom is 0.221 e. The van der Waals surface area contributed by atoms with Crippen LogP contribution in [0.1, 0.15) is 38.3 Å². The molecule has 0 aliphatic heterocycles. The Bertz CT molecular complexity index is 432. The second-order valence-electron chi connectivity index (χ2n) is 5.43. The molecular weight excluding hydrogens is 222 g/mol. The molecule has 18 heavy (non-hydrogen) atoms. The van der Waals surface area contributed by atoms with Gasteiger partial charge < -0.3 is 5.32 Å². The highest BCUT2D eigenvalue weighted by molar-refractivity contribution is 5.76. The van der Waals surface area contributed by atoms with Crippen molar-refractivity contribution in [2.75, 3.05) is 6.54 Å². The number of rotatable bonds is 4. The predicted molar refractivity (Wildman–Crippen MR) is 75.3 cm³/mol. The van der Waals surface area contributed by atoms with Crippen LogP contribution in [0, 0.1) is 12.3 Å². The molecule has 0 atom stereocenters. The van der Waals surface area contributed by atoms with E-state index in [0.29, 0.717) is 13.0 Å². The first-order valence-corrected chi connectivity index (χ1v) is 6.23. The Balaban J connectivity index is 2.50. The van der Waals surface area contributed by atoms with E-state index in [1.165, 1.54) is 11.1 Å². The van der Waals surface area contributed by atoms with Crippen LogP contribution in [-0.4, -0.2) is 12.5 Å². The van der Waals surface area contributed by atoms with E-state index in [1.54, 1.807) is 0 Å². The van der Waals surface area contributed by atoms with E-state index in [4.69, 9.17) is 6.42 Å². The van der Waals surface area contributed by atoms with Crippen LogP contribution in [0.5, 0.6) is 0 Å². The maximum atomic E-state index is 11.4. The van der Waals surface area contributed by atoms with Crippen molar-refractivity contribution < 1.29 is 4.79 Å². The average Bonchev–Trinajstić information content (AvgIpc) is 2.33. The summed E-state index contributed by atoms with van der Waals surface area (Å²) in [6.45, 7) is 6.88. The topological polar surface area (TPSA) is 29.1 Å². The van der Waals surface area contributed by atoms with E-state index >= 15 is 0 Å². The molecule has 1 amide bonds. The van der Waals surface area contributed by atoms with Crippen molar-refractivity contribution in [3.8, 4) is 12.3 Å². The van der Waals surface area contributed by atoms with Crippen LogP contribution in [0.2, 0.25) is 0 Å². The molecule has 0 saturated heterocycles. The highest BCUT2D eigenvalue weighted by Crippen LogP contribution is 2.22. The minimum absolute atomic E-state index is 0.00727. The Kier molecular flexibility index (Phi) is 4.97. The van der Waals surface area contributed by atoms with Crippen molar-refractivity contribution in [3.63, 3.8) is 0 Å². The molecule has 2 heteroatoms. The Labute approximate surface area is 110 Å². The minimum atomic E-state index is 0.00727. The summed E-state index contributed by atoms with van der Waals surface area (Å²) in [6.07, 6.45) is 6.31. The third-order valence-corrected chi connectivity index (χ3v) is 2.85. The van der Waals surface area contributed by atoms with Gasteiger partial charge in [0, 0.05) is 6.42 Å². The quantitative estimate of drug-likeness (QED) is 0.809. The number of terminal acetylenes is 1. The summed E-state index contributed by atoms with van der Waals surface area (Å²) in [4.78, 5) is 11.4. The molecule has 0 aromatic heterocycles. The average molecular weight is 243 g/mol. The van der Waals surface area contributed by atoms with E-state index in [9.17, 15) is 4.79 Å². The fourth-order valence-electron chi connectivity index (χ4n) is 1.67. The molecule has 0 saturated carbocycles. The summed E-state index contributed by atoms with van der Waals surface area (Å²) < 4.78 is 0. The summed E-state index contributed by atoms with van der Waals surface area (Å²) in [5.74, 6) is 2.40. The first kappa shape index (κ1) is 14.3. The number of carbonyl (C=O) groups excluding carboxylic acids is 1. The zero-order chi connectivity index (χ0) is 13.6. The number of amides is 1. The van der Waals surface area contributed by atoms with Crippen molar-refractivity contribution in [3.05, 3.63) is 35.4 Å². The Morgan fingerprint density at radius 3 is 2.39 bits per heavy atom. The summed E-state index contributed by atoms with van der Waals surface area (Å²) in [5, 5.41) is 2.66. The van der Waals surface area contributed by atoms with E-state index < -0.39 is 0 Å². The zero-order valence-corrected chi connectivity index (χ0v) is 11.4. The van der Waals surface area contributed by atoms with Crippen molar-refractivity contribution in [1.29, 1.82) is 0 Å². The number of hydrogen-bond donors (Lipinski definition) is 1. The van der Waals surface area contributed by atoms with Gasteiger partial charge in [0.25, 0.3) is 0 Å². The van der Waals surface area contributed by atoms with Gasteiger partial charge in [0.05, 0.1) is 6.54 Å². The third kappa shape index (κ3) is 4.63. The second kappa shape index (κ2) is 6.26. The summed E-state index contributed by atoms with van der Waals surface area (Å²) in [5.41, 5.74) is 2.66. The number of hydrogen-bond acceptors (Lipinski definition) is 1. The van der Waals surface area contributed by atoms with Crippen LogP contribution in [0.25, 0.3) is 0 Å². The van der Waals surface area contributed by atoms with Crippen molar-refractivity contribution in [1.82, 2.24) is 5.32 Å². The lowest BCUT2D eigenvalue weighted by Gasteiger charge is -2.19. The van der Waals surface area contributed by atoms with Crippen molar-refractivity contribution >= 4 is 5.91 Å². The lowest BCUT2D eigenvalue weighted by molar-refractivity contribution is -0.120. The molecule has 0 heterocycles. The number of carbonyl (C=O) groups is 1. The van der Waals surface area contributed by atoms with E-state index in [1.807, 2.05) is 0 Å². The highest BCUT2D eigenvalue weighted by Gasteiger charge is 2.12. The number of nitrogens with one attached hydrogen (secondary N) is 1. The van der Waals surface area contributed by atoms with Gasteiger partial charge in [-0.25, -0.2) is 0 Å². The van der Waals surface area contributed by atoms with Gasteiger partial charge in [0.1, 0.15) is 0 Å². The lowest BCUT2D eigenvalue weighted by Crippen LogP contribution is -2.23. The third-order valence-electron chi connectivity index (χ3n) is 2.85. The lowest BCUT2D eigenvalue weighted by atomic mass is 9.86. The fourth-order valence-corrected chi connectivity index (χ4v) is 1.67. The van der Waals surface area contributed by atoms with Crippen molar-refractivity contribution in [2.24, 2.45) is 0 Å². The van der Waals surface area contributed by atoms with E-state index in [2.05, 4.69) is 56.3 Å². The van der Waals surface area contributed by atoms with Gasteiger partial charge in [-0.3, -0.25) is 4.79 Å². The first-order chi connectivity index (χ1) is 8.43. The van der Waals surface area contributed by atoms with Crippen LogP contribution in [0.3, 0.4) is 0 Å². The van der Waals surface area contributed by atoms with Gasteiger partial charge in [0.2, 0.25) is 5.91 Å². The molecule has 0 spiro atoms. The molecule has 1 N–H and O–H groups in total. The standard InChI is InChI=1S/C16H21NO/c1-5-12-17-15(18)11-8-13-6-9-14(10-7-13)16(2,3)4/h1,6-7,9-10H,8,11-12H2,2-4H3,(H,17,18). The summed E-state index contributed by atoms with van der Waals surface area (Å²) in [6, 6.07) is 8.45. The minimum Gasteiger partial charge on any atom is -0.345 e. The second-order valence-corrected chi connectivity index (χ2v) is 5.43. The molecule has 0 fully saturated rings. The molecule has 1 aromatic rings. The molecule has 0 radical (unpaired) electrons. The Morgan fingerprint density at radius 2 is 1.89 bits per heavy atom. The molecule has 0 unspecified atom stereocenters. The fraction of sp³-hybridized carbons (Fsp3) is 0.438. The molecular formula is C16H21NO. The zero-order valence-electron chi connectivity index (χ0n) is 11.4. The predicted octanol–water partition coefficient (Wildman–Crippen LogP) is 2.67. The van der Waals surface area contributed by atoms with Crippen LogP contribution in [0.15, 0.2) is 24.3 Å². The normalized spacial score (nSPS) is 10.8. The summed E-state index contributed by atoms with van der Waals surface area (Å²) in [7, 11) is 0. The molecule has 0 bridgehead atoms. The van der Waals surface area contributed by atoms with Crippen LogP contribution < -0.4 is 5.32 Å². The number of benzene rings is 1. The SMILES string of the molecule is C#CCNC(=O)CCc1ccc(C(C)(C)C)cc1. The van der Waals surface area contributed by atoms with Gasteiger partial charge in [-0.2, -0.15) is 0 Å². The van der Waals surface area contributed by atoms with Gasteiger partial charge in [-0.15, -0.1) is 6.42 Å². The van der Waals surface area contributed by atoms with Gasteiger partial charge in [-0.05, 0) is 23.0 Å². The maximum absolute atomic E-state index is 11.4. The molecule has 0 aliphatic rings. The monoisotopic (exact) mass is 243 g/mol. The van der Waals surface area contributed by atoms with Gasteiger partial charge in [0.15, 0.2) is 0 Å². The van der Waals surface area contributed by atoms with Gasteiger partial charge >= 0.3 is 0 Å². The number of aryl methyl sites for hydroxylation is 1. The molecule has 1 aromatic carbocycles. The van der Waals surface area contributed by atoms with Gasteiger partial charge in [-0.1, -0.05) is 51.0 Å². The van der Waals surface area contributed by atoms with Crippen molar-refractivity contribution in [2.45, 2.75) is 39.0 Å². The molecule has 2 nitrogen and oxygen atoms in total. The summed E-state index contributed by atoms with van der Waals surface area (Å²) >= 11 is 0. The smallest absolute Gasteiger partial charge is 0.221 e. The molecule has 0 aliphatic carbocycles. The van der Waals surface area contributed by atoms with Crippen LogP contribution in [0.4, 0.5) is 0 Å². The Hall–Kier alpha value is -1.75. The van der Waals surface area contributed by atoms with E-state index in [-0.39, 0.29) is 11.3 Å². The van der Waals surface area contributed by atoms with Crippen LogP contribution >= 0.6 is 0 Å². The first-order valence-electron chi connectivity index (χ1n) is 6.23. The molecule has 96 valence electrons. The molecule has 1 rings (SSSR count). The van der Waals surface area contributed by atoms with E-state index in [0.717, 1.165) is 6.42 Å². The highest BCUT2D eigenvalue weighted by atomic mass is 16.1. The largest absolute Gasteiger partial charge is 0.345 e. The Morgan fingerprint density at radius 1 is 1.28 bits per heavy atom.